The van der Waals surface area contributed by atoms with E-state index in [0.29, 0.717) is 12.3 Å². The monoisotopic (exact) mass is 289 g/mol. The highest BCUT2D eigenvalue weighted by atomic mass is 35.5. The van der Waals surface area contributed by atoms with Crippen LogP contribution >= 0.6 is 11.6 Å². The summed E-state index contributed by atoms with van der Waals surface area (Å²) in [7, 11) is 0. The van der Waals surface area contributed by atoms with Gasteiger partial charge >= 0.3 is 0 Å². The average Bonchev–Trinajstić information content (AvgIpc) is 2.88. The smallest absolute Gasteiger partial charge is 0.142 e. The number of hydrogen-bond donors (Lipinski definition) is 1. The van der Waals surface area contributed by atoms with Crippen molar-refractivity contribution in [3.63, 3.8) is 0 Å². The van der Waals surface area contributed by atoms with Gasteiger partial charge in [0.15, 0.2) is 0 Å². The molecule has 0 spiro atoms. The summed E-state index contributed by atoms with van der Waals surface area (Å²) in [5, 5.41) is 0.203. The van der Waals surface area contributed by atoms with Crippen LogP contribution in [0, 0.1) is 5.82 Å². The van der Waals surface area contributed by atoms with Crippen molar-refractivity contribution in [1.29, 1.82) is 0 Å². The summed E-state index contributed by atoms with van der Waals surface area (Å²) in [6.07, 6.45) is 2.74. The summed E-state index contributed by atoms with van der Waals surface area (Å²) >= 11 is 6.01. The number of halogens is 2. The number of nitrogens with two attached hydrogens (primary N) is 1. The van der Waals surface area contributed by atoms with E-state index in [1.54, 1.807) is 6.07 Å². The summed E-state index contributed by atoms with van der Waals surface area (Å²) in [5.74, 6) is -0.0336. The first-order valence-electron chi connectivity index (χ1n) is 6.93. The molecule has 1 aliphatic rings. The second-order valence-corrected chi connectivity index (χ2v) is 5.80. The van der Waals surface area contributed by atoms with Gasteiger partial charge in [-0.05, 0) is 47.9 Å². The highest BCUT2D eigenvalue weighted by Gasteiger charge is 2.27. The molecule has 2 aromatic carbocycles. The molecule has 2 unspecified atom stereocenters. The van der Waals surface area contributed by atoms with Crippen LogP contribution in [0.1, 0.15) is 29.0 Å². The molecule has 2 N–H and O–H groups in total. The van der Waals surface area contributed by atoms with Crippen LogP contribution in [-0.2, 0) is 12.8 Å². The summed E-state index contributed by atoms with van der Waals surface area (Å²) < 4.78 is 13.5. The summed E-state index contributed by atoms with van der Waals surface area (Å²) in [4.78, 5) is 0. The molecule has 3 rings (SSSR count). The van der Waals surface area contributed by atoms with Crippen LogP contribution in [0.5, 0.6) is 0 Å². The first kappa shape index (κ1) is 13.6. The van der Waals surface area contributed by atoms with Crippen molar-refractivity contribution < 1.29 is 4.39 Å². The van der Waals surface area contributed by atoms with Gasteiger partial charge in [0.2, 0.25) is 0 Å². The van der Waals surface area contributed by atoms with Gasteiger partial charge in [-0.1, -0.05) is 48.0 Å². The number of aryl methyl sites for hydroxylation is 1. The molecule has 0 aromatic heterocycles. The largest absolute Gasteiger partial charge is 0.327 e. The predicted molar refractivity (Wildman–Crippen MR) is 80.6 cm³/mol. The molecular formula is C17H17ClFN. The van der Waals surface area contributed by atoms with Crippen LogP contribution in [0.25, 0.3) is 0 Å². The average molecular weight is 290 g/mol. The van der Waals surface area contributed by atoms with Gasteiger partial charge in [-0.2, -0.15) is 0 Å². The normalized spacial score (nSPS) is 18.9. The van der Waals surface area contributed by atoms with Crippen molar-refractivity contribution in [2.24, 2.45) is 5.73 Å². The lowest BCUT2D eigenvalue weighted by Gasteiger charge is -2.21. The second-order valence-electron chi connectivity index (χ2n) is 5.42. The Balaban J connectivity index is 1.81. The van der Waals surface area contributed by atoms with Gasteiger partial charge < -0.3 is 5.73 Å². The number of hydrogen-bond acceptors (Lipinski definition) is 1. The molecule has 0 amide bonds. The van der Waals surface area contributed by atoms with Gasteiger partial charge in [0, 0.05) is 6.04 Å². The fourth-order valence-corrected chi connectivity index (χ4v) is 3.34. The van der Waals surface area contributed by atoms with E-state index in [1.165, 1.54) is 17.2 Å². The van der Waals surface area contributed by atoms with E-state index in [0.717, 1.165) is 18.4 Å². The molecule has 2 aromatic rings. The summed E-state index contributed by atoms with van der Waals surface area (Å²) in [5.41, 5.74) is 9.89. The van der Waals surface area contributed by atoms with E-state index in [2.05, 4.69) is 24.3 Å². The lowest BCUT2D eigenvalue weighted by atomic mass is 9.89. The van der Waals surface area contributed by atoms with Crippen molar-refractivity contribution in [3.8, 4) is 0 Å². The van der Waals surface area contributed by atoms with Crippen molar-refractivity contribution >= 4 is 11.6 Å². The molecule has 0 bridgehead atoms. The highest BCUT2D eigenvalue weighted by Crippen LogP contribution is 2.36. The molecule has 1 nitrogen and oxygen atoms in total. The third-order valence-corrected chi connectivity index (χ3v) is 4.61. The summed E-state index contributed by atoms with van der Waals surface area (Å²) in [6.45, 7) is 0. The van der Waals surface area contributed by atoms with E-state index in [1.807, 2.05) is 6.07 Å². The maximum absolute atomic E-state index is 13.5. The van der Waals surface area contributed by atoms with Crippen LogP contribution in [0.15, 0.2) is 42.5 Å². The Morgan fingerprint density at radius 3 is 2.85 bits per heavy atom. The SMILES string of the molecule is NC(Cc1cccc(F)c1Cl)C1CCc2ccccc21. The third kappa shape index (κ3) is 2.46. The standard InChI is InChI=1S/C17H17ClFN/c18-17-12(5-3-7-15(17)19)10-16(20)14-9-8-11-4-1-2-6-13(11)14/h1-7,14,16H,8-10,20H2. The van der Waals surface area contributed by atoms with Gasteiger partial charge in [0.1, 0.15) is 5.82 Å². The molecule has 0 radical (unpaired) electrons. The summed E-state index contributed by atoms with van der Waals surface area (Å²) in [6, 6.07) is 13.3. The van der Waals surface area contributed by atoms with E-state index in [9.17, 15) is 4.39 Å². The lowest BCUT2D eigenvalue weighted by Crippen LogP contribution is -2.29. The first-order valence-corrected chi connectivity index (χ1v) is 7.31. The van der Waals surface area contributed by atoms with Gasteiger partial charge in [-0.15, -0.1) is 0 Å². The van der Waals surface area contributed by atoms with Crippen molar-refractivity contribution in [1.82, 2.24) is 0 Å². The van der Waals surface area contributed by atoms with Crippen molar-refractivity contribution in [2.45, 2.75) is 31.2 Å². The Morgan fingerprint density at radius 2 is 2.00 bits per heavy atom. The minimum Gasteiger partial charge on any atom is -0.327 e. The zero-order chi connectivity index (χ0) is 14.1. The predicted octanol–water partition coefficient (Wildman–Crippen LogP) is 4.08. The Morgan fingerprint density at radius 1 is 1.20 bits per heavy atom. The quantitative estimate of drug-likeness (QED) is 0.905. The molecular weight excluding hydrogens is 273 g/mol. The van der Waals surface area contributed by atoms with E-state index in [4.69, 9.17) is 17.3 Å². The third-order valence-electron chi connectivity index (χ3n) is 4.18. The molecule has 104 valence electrons. The number of rotatable bonds is 3. The molecule has 0 saturated carbocycles. The van der Waals surface area contributed by atoms with E-state index < -0.39 is 0 Å². The van der Waals surface area contributed by atoms with Gasteiger partial charge in [-0.25, -0.2) is 4.39 Å². The fourth-order valence-electron chi connectivity index (χ4n) is 3.14. The zero-order valence-electron chi connectivity index (χ0n) is 11.2. The Kier molecular flexibility index (Phi) is 3.77. The molecule has 1 aliphatic carbocycles. The molecule has 20 heavy (non-hydrogen) atoms. The molecule has 0 aliphatic heterocycles. The molecule has 0 saturated heterocycles. The fraction of sp³-hybridized carbons (Fsp3) is 0.294. The van der Waals surface area contributed by atoms with Gasteiger partial charge in [0.25, 0.3) is 0 Å². The highest BCUT2D eigenvalue weighted by molar-refractivity contribution is 6.31. The first-order chi connectivity index (χ1) is 9.66. The van der Waals surface area contributed by atoms with Crippen molar-refractivity contribution in [2.75, 3.05) is 0 Å². The van der Waals surface area contributed by atoms with Crippen LogP contribution in [0.2, 0.25) is 5.02 Å². The Hall–Kier alpha value is -1.38. The topological polar surface area (TPSA) is 26.0 Å². The van der Waals surface area contributed by atoms with E-state index in [-0.39, 0.29) is 16.9 Å². The maximum atomic E-state index is 13.5. The molecule has 0 fully saturated rings. The second kappa shape index (κ2) is 5.55. The minimum absolute atomic E-state index is 0.0297. The zero-order valence-corrected chi connectivity index (χ0v) is 11.9. The Labute approximate surface area is 123 Å². The van der Waals surface area contributed by atoms with Crippen LogP contribution in [-0.4, -0.2) is 6.04 Å². The van der Waals surface area contributed by atoms with Crippen LogP contribution in [0.4, 0.5) is 4.39 Å². The number of benzene rings is 2. The van der Waals surface area contributed by atoms with Crippen LogP contribution in [0.3, 0.4) is 0 Å². The molecule has 3 heteroatoms. The van der Waals surface area contributed by atoms with E-state index >= 15 is 0 Å². The Bertz CT molecular complexity index is 626. The van der Waals surface area contributed by atoms with Gasteiger partial charge in [0.05, 0.1) is 5.02 Å². The van der Waals surface area contributed by atoms with Gasteiger partial charge in [-0.3, -0.25) is 0 Å². The minimum atomic E-state index is -0.372. The number of fused-ring (bicyclic) bond motifs is 1. The maximum Gasteiger partial charge on any atom is 0.142 e. The van der Waals surface area contributed by atoms with Crippen molar-refractivity contribution in [3.05, 3.63) is 70.0 Å². The lowest BCUT2D eigenvalue weighted by molar-refractivity contribution is 0.523. The van der Waals surface area contributed by atoms with Crippen LogP contribution < -0.4 is 5.73 Å². The molecule has 0 heterocycles. The molecule has 2 atom stereocenters.